The Morgan fingerprint density at radius 2 is 1.80 bits per heavy atom. The van der Waals surface area contributed by atoms with Crippen molar-refractivity contribution in [3.8, 4) is 11.3 Å². The minimum absolute atomic E-state index is 0.759. The zero-order valence-electron chi connectivity index (χ0n) is 9.18. The number of aryl methyl sites for hydroxylation is 1. The molecule has 2 aromatic heterocycles. The standard InChI is InChI=1S/C9H8N4.C2H6/c1-7-10-4-3-9(13-7)8-2-5-11-12-6-8;1-2/h2-6H,1H3;1-2H3. The summed E-state index contributed by atoms with van der Waals surface area (Å²) < 4.78 is 0. The molecule has 0 saturated heterocycles. The van der Waals surface area contributed by atoms with Crippen molar-refractivity contribution < 1.29 is 0 Å². The molecule has 0 unspecified atom stereocenters. The molecule has 0 fully saturated rings. The van der Waals surface area contributed by atoms with Crippen LogP contribution in [0, 0.1) is 6.92 Å². The molecule has 4 heteroatoms. The third-order valence-electron chi connectivity index (χ3n) is 1.66. The molecule has 2 aromatic rings. The second kappa shape index (κ2) is 5.80. The molecule has 15 heavy (non-hydrogen) atoms. The SMILES string of the molecule is CC.Cc1nccc(-c2ccnnc2)n1. The second-order valence-corrected chi connectivity index (χ2v) is 2.62. The van der Waals surface area contributed by atoms with Crippen LogP contribution in [0.25, 0.3) is 11.3 Å². The molecular weight excluding hydrogens is 188 g/mol. The molecule has 0 radical (unpaired) electrons. The third-order valence-corrected chi connectivity index (χ3v) is 1.66. The van der Waals surface area contributed by atoms with Crippen molar-refractivity contribution in [1.82, 2.24) is 20.2 Å². The van der Waals surface area contributed by atoms with E-state index in [9.17, 15) is 0 Å². The van der Waals surface area contributed by atoms with Crippen LogP contribution in [0.2, 0.25) is 0 Å². The molecule has 0 saturated carbocycles. The fraction of sp³-hybridized carbons (Fsp3) is 0.273. The highest BCUT2D eigenvalue weighted by molar-refractivity contribution is 5.56. The van der Waals surface area contributed by atoms with E-state index in [0.29, 0.717) is 0 Å². The topological polar surface area (TPSA) is 51.6 Å². The lowest BCUT2D eigenvalue weighted by Gasteiger charge is -1.98. The summed E-state index contributed by atoms with van der Waals surface area (Å²) in [5, 5.41) is 7.48. The van der Waals surface area contributed by atoms with Crippen LogP contribution in [0.5, 0.6) is 0 Å². The quantitative estimate of drug-likeness (QED) is 0.711. The monoisotopic (exact) mass is 202 g/mol. The summed E-state index contributed by atoms with van der Waals surface area (Å²) in [6, 6.07) is 3.72. The Hall–Kier alpha value is -1.84. The Labute approximate surface area is 89.4 Å². The predicted octanol–water partition coefficient (Wildman–Crippen LogP) is 2.27. The lowest BCUT2D eigenvalue weighted by molar-refractivity contribution is 1.02. The van der Waals surface area contributed by atoms with Gasteiger partial charge in [0.05, 0.1) is 18.1 Å². The van der Waals surface area contributed by atoms with Crippen LogP contribution in [0.3, 0.4) is 0 Å². The summed E-state index contributed by atoms with van der Waals surface area (Å²) in [6.45, 7) is 5.86. The van der Waals surface area contributed by atoms with Crippen LogP contribution in [-0.2, 0) is 0 Å². The Morgan fingerprint density at radius 1 is 1.00 bits per heavy atom. The van der Waals surface area contributed by atoms with Gasteiger partial charge >= 0.3 is 0 Å². The average molecular weight is 202 g/mol. The summed E-state index contributed by atoms with van der Waals surface area (Å²) in [5.41, 5.74) is 1.84. The van der Waals surface area contributed by atoms with Gasteiger partial charge in [0.15, 0.2) is 0 Å². The lowest BCUT2D eigenvalue weighted by Crippen LogP contribution is -1.90. The highest BCUT2D eigenvalue weighted by Gasteiger charge is 1.98. The van der Waals surface area contributed by atoms with E-state index in [1.807, 2.05) is 32.9 Å². The molecular formula is C11H14N4. The molecule has 0 aliphatic heterocycles. The van der Waals surface area contributed by atoms with Crippen LogP contribution in [0.1, 0.15) is 19.7 Å². The van der Waals surface area contributed by atoms with Gasteiger partial charge in [-0.15, -0.1) is 0 Å². The molecule has 0 N–H and O–H groups in total. The summed E-state index contributed by atoms with van der Waals surface area (Å²) >= 11 is 0. The number of nitrogens with zero attached hydrogens (tertiary/aromatic N) is 4. The molecule has 0 atom stereocenters. The summed E-state index contributed by atoms with van der Waals surface area (Å²) in [4.78, 5) is 8.28. The van der Waals surface area contributed by atoms with Gasteiger partial charge < -0.3 is 0 Å². The lowest BCUT2D eigenvalue weighted by atomic mass is 10.2. The first kappa shape index (κ1) is 11.2. The fourth-order valence-corrected chi connectivity index (χ4v) is 1.06. The minimum Gasteiger partial charge on any atom is -0.242 e. The molecule has 4 nitrogen and oxygen atoms in total. The summed E-state index contributed by atoms with van der Waals surface area (Å²) in [7, 11) is 0. The van der Waals surface area contributed by atoms with Gasteiger partial charge in [0.2, 0.25) is 0 Å². The van der Waals surface area contributed by atoms with Crippen LogP contribution in [0.15, 0.2) is 30.7 Å². The van der Waals surface area contributed by atoms with Gasteiger partial charge in [0.1, 0.15) is 5.82 Å². The van der Waals surface area contributed by atoms with E-state index < -0.39 is 0 Å². The van der Waals surface area contributed by atoms with E-state index in [-0.39, 0.29) is 0 Å². The average Bonchev–Trinajstić information content (AvgIpc) is 2.33. The van der Waals surface area contributed by atoms with Gasteiger partial charge in [-0.05, 0) is 19.1 Å². The van der Waals surface area contributed by atoms with Gasteiger partial charge in [-0.2, -0.15) is 10.2 Å². The van der Waals surface area contributed by atoms with Crippen LogP contribution < -0.4 is 0 Å². The summed E-state index contributed by atoms with van der Waals surface area (Å²) in [5.74, 6) is 0.759. The zero-order valence-corrected chi connectivity index (χ0v) is 9.18. The normalized spacial score (nSPS) is 9.00. The van der Waals surface area contributed by atoms with E-state index in [4.69, 9.17) is 0 Å². The number of hydrogen-bond acceptors (Lipinski definition) is 4. The number of aromatic nitrogens is 4. The van der Waals surface area contributed by atoms with Crippen molar-refractivity contribution in [3.05, 3.63) is 36.5 Å². The smallest absolute Gasteiger partial charge is 0.125 e. The van der Waals surface area contributed by atoms with Gasteiger partial charge in [-0.1, -0.05) is 13.8 Å². The van der Waals surface area contributed by atoms with E-state index in [1.54, 1.807) is 18.6 Å². The van der Waals surface area contributed by atoms with Crippen molar-refractivity contribution in [2.75, 3.05) is 0 Å². The highest BCUT2D eigenvalue weighted by atomic mass is 15.1. The maximum absolute atomic E-state index is 4.26. The predicted molar refractivity (Wildman–Crippen MR) is 59.1 cm³/mol. The molecule has 0 aliphatic rings. The van der Waals surface area contributed by atoms with E-state index in [2.05, 4.69) is 20.2 Å². The van der Waals surface area contributed by atoms with E-state index >= 15 is 0 Å². The van der Waals surface area contributed by atoms with Crippen molar-refractivity contribution in [2.24, 2.45) is 0 Å². The molecule has 0 aliphatic carbocycles. The maximum Gasteiger partial charge on any atom is 0.125 e. The Balaban J connectivity index is 0.000000531. The molecule has 0 aromatic carbocycles. The maximum atomic E-state index is 4.26. The molecule has 2 heterocycles. The largest absolute Gasteiger partial charge is 0.242 e. The first-order valence-electron chi connectivity index (χ1n) is 4.93. The second-order valence-electron chi connectivity index (χ2n) is 2.62. The van der Waals surface area contributed by atoms with Crippen LogP contribution in [0.4, 0.5) is 0 Å². The minimum atomic E-state index is 0.759. The highest BCUT2D eigenvalue weighted by Crippen LogP contribution is 2.12. The van der Waals surface area contributed by atoms with Gasteiger partial charge in [-0.3, -0.25) is 0 Å². The third kappa shape index (κ3) is 3.09. The molecule has 0 spiro atoms. The van der Waals surface area contributed by atoms with Gasteiger partial charge in [-0.25, -0.2) is 9.97 Å². The van der Waals surface area contributed by atoms with Gasteiger partial charge in [0, 0.05) is 11.8 Å². The van der Waals surface area contributed by atoms with E-state index in [1.165, 1.54) is 0 Å². The molecule has 0 bridgehead atoms. The molecule has 78 valence electrons. The van der Waals surface area contributed by atoms with Crippen LogP contribution >= 0.6 is 0 Å². The van der Waals surface area contributed by atoms with Crippen molar-refractivity contribution in [3.63, 3.8) is 0 Å². The van der Waals surface area contributed by atoms with E-state index in [0.717, 1.165) is 17.1 Å². The first-order valence-corrected chi connectivity index (χ1v) is 4.93. The van der Waals surface area contributed by atoms with Crippen molar-refractivity contribution in [2.45, 2.75) is 20.8 Å². The van der Waals surface area contributed by atoms with Crippen molar-refractivity contribution in [1.29, 1.82) is 0 Å². The van der Waals surface area contributed by atoms with Crippen LogP contribution in [-0.4, -0.2) is 20.2 Å². The van der Waals surface area contributed by atoms with Gasteiger partial charge in [0.25, 0.3) is 0 Å². The Kier molecular flexibility index (Phi) is 4.34. The zero-order chi connectivity index (χ0) is 11.1. The fourth-order valence-electron chi connectivity index (χ4n) is 1.06. The Bertz CT molecular complexity index is 400. The van der Waals surface area contributed by atoms with Crippen molar-refractivity contribution >= 4 is 0 Å². The Morgan fingerprint density at radius 3 is 2.40 bits per heavy atom. The number of hydrogen-bond donors (Lipinski definition) is 0. The molecule has 2 rings (SSSR count). The number of rotatable bonds is 1. The molecule has 0 amide bonds. The first-order chi connectivity index (χ1) is 7.36. The summed E-state index contributed by atoms with van der Waals surface area (Å²) in [6.07, 6.45) is 5.06.